The Kier molecular flexibility index (Phi) is 10.2. The van der Waals surface area contributed by atoms with E-state index in [0.29, 0.717) is 17.5 Å². The fourth-order valence-corrected chi connectivity index (χ4v) is 4.51. The molecular weight excluding hydrogens is 398 g/mol. The minimum Gasteiger partial charge on any atom is -0.381 e. The van der Waals surface area contributed by atoms with Crippen LogP contribution in [0.15, 0.2) is 30.3 Å². The van der Waals surface area contributed by atoms with Crippen LogP contribution >= 0.6 is 12.2 Å². The molecule has 1 fully saturated rings. The lowest BCUT2D eigenvalue weighted by Gasteiger charge is -2.37. The van der Waals surface area contributed by atoms with Crippen molar-refractivity contribution >= 4 is 29.0 Å². The van der Waals surface area contributed by atoms with Gasteiger partial charge < -0.3 is 10.2 Å². The van der Waals surface area contributed by atoms with E-state index in [2.05, 4.69) is 24.4 Å². The molecule has 0 saturated heterocycles. The molecule has 30 heavy (non-hydrogen) atoms. The Bertz CT molecular complexity index is 692. The molecule has 1 aliphatic rings. The predicted octanol–water partition coefficient (Wildman–Crippen LogP) is 3.79. The quantitative estimate of drug-likeness (QED) is 0.297. The lowest BCUT2D eigenvalue weighted by molar-refractivity contribution is -0.137. The molecule has 0 spiro atoms. The number of nitrogens with one attached hydrogen (secondary N) is 2. The van der Waals surface area contributed by atoms with Gasteiger partial charge in [0.2, 0.25) is 11.8 Å². The van der Waals surface area contributed by atoms with Crippen molar-refractivity contribution in [3.8, 4) is 0 Å². The summed E-state index contributed by atoms with van der Waals surface area (Å²) in [7, 11) is 1.80. The van der Waals surface area contributed by atoms with Crippen LogP contribution in [0.25, 0.3) is 0 Å². The number of hydrogen-bond donors (Lipinski definition) is 3. The van der Waals surface area contributed by atoms with Crippen LogP contribution in [0.3, 0.4) is 0 Å². The maximum atomic E-state index is 13.2. The van der Waals surface area contributed by atoms with Crippen LogP contribution in [-0.2, 0) is 9.59 Å². The maximum absolute atomic E-state index is 13.2. The van der Waals surface area contributed by atoms with E-state index in [1.807, 2.05) is 23.1 Å². The van der Waals surface area contributed by atoms with E-state index in [4.69, 9.17) is 17.4 Å². The van der Waals surface area contributed by atoms with E-state index in [9.17, 15) is 9.59 Å². The summed E-state index contributed by atoms with van der Waals surface area (Å²) in [6.45, 7) is 2.64. The Hall–Kier alpha value is -1.99. The molecule has 166 valence electrons. The van der Waals surface area contributed by atoms with Gasteiger partial charge in [0.1, 0.15) is 0 Å². The van der Waals surface area contributed by atoms with Crippen LogP contribution in [0.1, 0.15) is 69.8 Å². The number of hydroxylamine groups is 1. The van der Waals surface area contributed by atoms with E-state index in [-0.39, 0.29) is 30.7 Å². The third-order valence-corrected chi connectivity index (χ3v) is 6.53. The van der Waals surface area contributed by atoms with Crippen LogP contribution in [0.4, 0.5) is 0 Å². The number of nitrogens with zero attached hydrogens (tertiary/aromatic N) is 1. The monoisotopic (exact) mass is 433 g/mol. The summed E-state index contributed by atoms with van der Waals surface area (Å²) in [6, 6.07) is 9.93. The molecule has 3 N–H and O–H groups in total. The predicted molar refractivity (Wildman–Crippen MR) is 122 cm³/mol. The zero-order valence-electron chi connectivity index (χ0n) is 18.1. The number of amides is 2. The summed E-state index contributed by atoms with van der Waals surface area (Å²) in [5.41, 5.74) is 2.77. The van der Waals surface area contributed by atoms with E-state index < -0.39 is 5.91 Å². The van der Waals surface area contributed by atoms with Gasteiger partial charge in [-0.3, -0.25) is 14.8 Å². The number of likely N-dealkylation sites (N-methyl/N-ethyl adjacent to an activating group) is 1. The Balaban J connectivity index is 2.22. The van der Waals surface area contributed by atoms with E-state index >= 15 is 0 Å². The molecule has 0 aliphatic heterocycles. The average Bonchev–Trinajstić information content (AvgIpc) is 2.79. The molecule has 7 heteroatoms. The third kappa shape index (κ3) is 7.36. The molecule has 2 atom stereocenters. The Morgan fingerprint density at radius 2 is 1.83 bits per heavy atom. The first-order chi connectivity index (χ1) is 14.5. The highest BCUT2D eigenvalue weighted by Crippen LogP contribution is 2.30. The highest BCUT2D eigenvalue weighted by Gasteiger charge is 2.31. The van der Waals surface area contributed by atoms with Crippen molar-refractivity contribution in [3.63, 3.8) is 0 Å². The largest absolute Gasteiger partial charge is 0.381 e. The Morgan fingerprint density at radius 3 is 2.43 bits per heavy atom. The van der Waals surface area contributed by atoms with Crippen molar-refractivity contribution in [1.29, 1.82) is 0 Å². The van der Waals surface area contributed by atoms with Crippen LogP contribution in [0.2, 0.25) is 0 Å². The van der Waals surface area contributed by atoms with Gasteiger partial charge in [-0.15, -0.1) is 0 Å². The minimum absolute atomic E-state index is 0.0431. The van der Waals surface area contributed by atoms with Crippen LogP contribution < -0.4 is 10.8 Å². The lowest BCUT2D eigenvalue weighted by atomic mass is 9.84. The first-order valence-corrected chi connectivity index (χ1v) is 11.4. The average molecular weight is 434 g/mol. The fraction of sp³-hybridized carbons (Fsp3) is 0.609. The van der Waals surface area contributed by atoms with Crippen molar-refractivity contribution in [2.24, 2.45) is 5.92 Å². The molecule has 1 saturated carbocycles. The van der Waals surface area contributed by atoms with Crippen molar-refractivity contribution in [2.45, 2.75) is 70.3 Å². The first kappa shape index (κ1) is 24.3. The normalized spacial score (nSPS) is 16.4. The standard InChI is InChI=1S/C23H35N3O3S/c1-17(19-11-7-4-8-12-19)16-26(22(28)14-13-21(27)25-29)20(23(30)24-2)15-18-9-5-3-6-10-18/h4,7-8,11-12,17-18,20,29H,3,5-6,9-10,13-16H2,1-2H3,(H,24,30)(H,25,27)/t17-,20-/m0/s1. The van der Waals surface area contributed by atoms with Crippen LogP contribution in [0, 0.1) is 5.92 Å². The SMILES string of the molecule is CNC(=S)[C@H](CC1CCCCC1)N(C[C@H](C)c1ccccc1)C(=O)CCC(=O)NO. The lowest BCUT2D eigenvalue weighted by Crippen LogP contribution is -2.50. The zero-order chi connectivity index (χ0) is 21.9. The molecule has 2 amide bonds. The smallest absolute Gasteiger partial charge is 0.243 e. The molecule has 0 radical (unpaired) electrons. The second kappa shape index (κ2) is 12.6. The van der Waals surface area contributed by atoms with Gasteiger partial charge in [-0.2, -0.15) is 0 Å². The zero-order valence-corrected chi connectivity index (χ0v) is 18.9. The van der Waals surface area contributed by atoms with E-state index in [1.54, 1.807) is 12.5 Å². The van der Waals surface area contributed by atoms with Gasteiger partial charge in [-0.1, -0.05) is 81.6 Å². The van der Waals surface area contributed by atoms with E-state index in [0.717, 1.165) is 12.0 Å². The van der Waals surface area contributed by atoms with Gasteiger partial charge >= 0.3 is 0 Å². The second-order valence-corrected chi connectivity index (χ2v) is 8.70. The van der Waals surface area contributed by atoms with Crippen LogP contribution in [0.5, 0.6) is 0 Å². The summed E-state index contributed by atoms with van der Waals surface area (Å²) in [6.07, 6.45) is 6.93. The van der Waals surface area contributed by atoms with Gasteiger partial charge in [0.25, 0.3) is 0 Å². The molecule has 6 nitrogen and oxygen atoms in total. The number of benzene rings is 1. The van der Waals surface area contributed by atoms with Gasteiger partial charge in [0.05, 0.1) is 11.0 Å². The molecule has 0 heterocycles. The van der Waals surface area contributed by atoms with Gasteiger partial charge in [0, 0.05) is 26.4 Å². The number of carbonyl (C=O) groups is 2. The molecule has 0 unspecified atom stereocenters. The summed E-state index contributed by atoms with van der Waals surface area (Å²) < 4.78 is 0. The molecule has 1 aromatic rings. The molecular formula is C23H35N3O3S. The van der Waals surface area contributed by atoms with Crippen molar-refractivity contribution < 1.29 is 14.8 Å². The van der Waals surface area contributed by atoms with Crippen molar-refractivity contribution in [1.82, 2.24) is 15.7 Å². The second-order valence-electron chi connectivity index (χ2n) is 8.26. The summed E-state index contributed by atoms with van der Waals surface area (Å²) in [5.74, 6) is 0.0210. The summed E-state index contributed by atoms with van der Waals surface area (Å²) in [4.78, 5) is 27.2. The summed E-state index contributed by atoms with van der Waals surface area (Å²) >= 11 is 5.64. The number of thiocarbonyl (C=S) groups is 1. The number of hydrogen-bond acceptors (Lipinski definition) is 4. The Morgan fingerprint density at radius 1 is 1.17 bits per heavy atom. The number of carbonyl (C=O) groups excluding carboxylic acids is 2. The highest BCUT2D eigenvalue weighted by atomic mass is 32.1. The summed E-state index contributed by atoms with van der Waals surface area (Å²) in [5, 5.41) is 11.9. The van der Waals surface area contributed by atoms with Gasteiger partial charge in [0.15, 0.2) is 0 Å². The molecule has 0 aromatic heterocycles. The molecule has 1 aromatic carbocycles. The van der Waals surface area contributed by atoms with Crippen LogP contribution in [-0.4, -0.2) is 46.5 Å². The fourth-order valence-electron chi connectivity index (χ4n) is 4.29. The van der Waals surface area contributed by atoms with Crippen molar-refractivity contribution in [3.05, 3.63) is 35.9 Å². The van der Waals surface area contributed by atoms with Gasteiger partial charge in [-0.05, 0) is 23.8 Å². The van der Waals surface area contributed by atoms with Crippen molar-refractivity contribution in [2.75, 3.05) is 13.6 Å². The van der Waals surface area contributed by atoms with Gasteiger partial charge in [-0.25, -0.2) is 5.48 Å². The highest BCUT2D eigenvalue weighted by molar-refractivity contribution is 7.80. The molecule has 2 rings (SSSR count). The first-order valence-electron chi connectivity index (χ1n) is 10.9. The Labute approximate surface area is 185 Å². The topological polar surface area (TPSA) is 81.7 Å². The maximum Gasteiger partial charge on any atom is 0.243 e. The molecule has 0 bridgehead atoms. The third-order valence-electron chi connectivity index (χ3n) is 6.06. The van der Waals surface area contributed by atoms with E-state index in [1.165, 1.54) is 32.1 Å². The molecule has 1 aliphatic carbocycles. The minimum atomic E-state index is -0.556. The number of rotatable bonds is 10.